The lowest BCUT2D eigenvalue weighted by molar-refractivity contribution is 0.504. The molecular weight excluding hydrogens is 319 g/mol. The van der Waals surface area contributed by atoms with E-state index in [-0.39, 0.29) is 12.1 Å². The zero-order valence-electron chi connectivity index (χ0n) is 16.6. The van der Waals surface area contributed by atoms with Gasteiger partial charge in [-0.2, -0.15) is 0 Å². The van der Waals surface area contributed by atoms with Crippen LogP contribution in [0.2, 0.25) is 0 Å². The highest BCUT2D eigenvalue weighted by Crippen LogP contribution is 2.16. The van der Waals surface area contributed by atoms with E-state index in [4.69, 9.17) is 0 Å². The van der Waals surface area contributed by atoms with Gasteiger partial charge in [0.05, 0.1) is 0 Å². The van der Waals surface area contributed by atoms with Crippen LogP contribution in [-0.4, -0.2) is 0 Å². The summed E-state index contributed by atoms with van der Waals surface area (Å²) in [5, 5.41) is 0. The number of halogens is 1. The minimum Gasteiger partial charge on any atom is -0.269 e. The topological polar surface area (TPSA) is 0 Å². The first-order valence-corrected chi connectivity index (χ1v) is 11.0. The molecule has 0 bridgehead atoms. The Bertz CT molecular complexity index is 220. The number of benzene rings is 1. The maximum atomic E-state index is 2.00. The normalized spacial score (nSPS) is 18.5. The number of hydrogen-bond donors (Lipinski definition) is 0. The van der Waals surface area contributed by atoms with Crippen LogP contribution in [0.4, 0.5) is 4.70 Å². The summed E-state index contributed by atoms with van der Waals surface area (Å²) in [6.07, 6.45) is 27.0. The van der Waals surface area contributed by atoms with Crippen LogP contribution >= 0.6 is 0 Å². The molecule has 3 aliphatic rings. The lowest BCUT2D eigenvalue weighted by Crippen LogP contribution is -1.85. The Labute approximate surface area is 164 Å². The minimum absolute atomic E-state index is 0. The van der Waals surface area contributed by atoms with Gasteiger partial charge in [0.15, 0.2) is 0 Å². The summed E-state index contributed by atoms with van der Waals surface area (Å²) in [5.74, 6) is 0. The summed E-state index contributed by atoms with van der Waals surface area (Å²) in [7, 11) is 0. The van der Waals surface area contributed by atoms with Crippen LogP contribution in [0.25, 0.3) is 0 Å². The molecule has 0 amide bonds. The van der Waals surface area contributed by atoms with Gasteiger partial charge in [-0.3, -0.25) is 4.70 Å². The molecule has 0 radical (unpaired) electrons. The standard InChI is InChI=1S/3C6H12.C6H6.CH4.FH/c4*1-2-4-6-5-3-1;;/h3*1-6H2;1-6H;1H4;1H. The van der Waals surface area contributed by atoms with Crippen LogP contribution in [-0.2, 0) is 0 Å². The first-order valence-electron chi connectivity index (χ1n) is 11.0. The van der Waals surface area contributed by atoms with Crippen LogP contribution in [0.15, 0.2) is 36.4 Å². The van der Waals surface area contributed by atoms with E-state index in [1.807, 2.05) is 36.4 Å². The molecule has 0 unspecified atom stereocenters. The van der Waals surface area contributed by atoms with Crippen molar-refractivity contribution in [2.45, 2.75) is 123 Å². The fourth-order valence-corrected chi connectivity index (χ4v) is 3.57. The van der Waals surface area contributed by atoms with Crippen LogP contribution in [0.5, 0.6) is 0 Å². The Morgan fingerprint density at radius 3 is 0.385 bits per heavy atom. The Kier molecular flexibility index (Phi) is 25.4. The largest absolute Gasteiger partial charge is 0.269 e. The van der Waals surface area contributed by atoms with Crippen LogP contribution < -0.4 is 0 Å². The highest BCUT2D eigenvalue weighted by Gasteiger charge is 1.96. The van der Waals surface area contributed by atoms with Gasteiger partial charge in [-0.05, 0) is 0 Å². The molecule has 26 heavy (non-hydrogen) atoms. The Balaban J connectivity index is 0. The predicted molar refractivity (Wildman–Crippen MR) is 119 cm³/mol. The van der Waals surface area contributed by atoms with E-state index in [0.29, 0.717) is 0 Å². The fourth-order valence-electron chi connectivity index (χ4n) is 3.57. The molecule has 0 aliphatic heterocycles. The molecule has 0 heterocycles. The highest BCUT2D eigenvalue weighted by atomic mass is 19.0. The summed E-state index contributed by atoms with van der Waals surface area (Å²) in [6.45, 7) is 0. The van der Waals surface area contributed by atoms with Gasteiger partial charge >= 0.3 is 0 Å². The zero-order chi connectivity index (χ0) is 17.0. The molecule has 3 fully saturated rings. The highest BCUT2D eigenvalue weighted by molar-refractivity contribution is 4.99. The molecule has 1 heteroatoms. The molecule has 154 valence electrons. The average Bonchev–Trinajstić information content (AvgIpc) is 2.75. The van der Waals surface area contributed by atoms with E-state index in [1.54, 1.807) is 0 Å². The molecule has 0 spiro atoms. The second kappa shape index (κ2) is 24.1. The lowest BCUT2D eigenvalue weighted by Gasteiger charge is -2.05. The van der Waals surface area contributed by atoms with Gasteiger partial charge in [0.2, 0.25) is 0 Å². The minimum atomic E-state index is 0. The fraction of sp³-hybridized carbons (Fsp3) is 0.760. The van der Waals surface area contributed by atoms with Gasteiger partial charge in [-0.25, -0.2) is 0 Å². The number of rotatable bonds is 0. The molecule has 0 saturated heterocycles. The van der Waals surface area contributed by atoms with Gasteiger partial charge < -0.3 is 0 Å². The van der Waals surface area contributed by atoms with E-state index in [2.05, 4.69) is 0 Å². The SMILES string of the molecule is C.C1CCCCC1.C1CCCCC1.C1CCCCC1.F.c1ccccc1. The maximum absolute atomic E-state index is 2.00. The molecule has 0 aromatic heterocycles. The van der Waals surface area contributed by atoms with Crippen LogP contribution in [0.1, 0.15) is 123 Å². The van der Waals surface area contributed by atoms with Gasteiger partial charge in [0, 0.05) is 0 Å². The van der Waals surface area contributed by atoms with E-state index < -0.39 is 0 Å². The molecule has 3 saturated carbocycles. The van der Waals surface area contributed by atoms with Gasteiger partial charge in [-0.15, -0.1) is 0 Å². The third-order valence-corrected chi connectivity index (χ3v) is 5.17. The third kappa shape index (κ3) is 21.2. The summed E-state index contributed by atoms with van der Waals surface area (Å²) < 4.78 is 0. The van der Waals surface area contributed by atoms with Gasteiger partial charge in [0.1, 0.15) is 0 Å². The maximum Gasteiger partial charge on any atom is -0.0533 e. The van der Waals surface area contributed by atoms with Crippen LogP contribution in [0, 0.1) is 0 Å². The van der Waals surface area contributed by atoms with Gasteiger partial charge in [-0.1, -0.05) is 159 Å². The molecular formula is C25H47F. The van der Waals surface area contributed by atoms with Crippen molar-refractivity contribution in [3.63, 3.8) is 0 Å². The molecule has 3 aliphatic carbocycles. The Hall–Kier alpha value is -0.850. The van der Waals surface area contributed by atoms with Crippen molar-refractivity contribution in [3.05, 3.63) is 36.4 Å². The van der Waals surface area contributed by atoms with Crippen molar-refractivity contribution in [1.29, 1.82) is 0 Å². The second-order valence-corrected chi connectivity index (χ2v) is 7.52. The van der Waals surface area contributed by atoms with Crippen LogP contribution in [0.3, 0.4) is 0 Å². The van der Waals surface area contributed by atoms with E-state index in [9.17, 15) is 0 Å². The summed E-state index contributed by atoms with van der Waals surface area (Å²) in [5.41, 5.74) is 0. The van der Waals surface area contributed by atoms with E-state index in [1.165, 1.54) is 116 Å². The van der Waals surface area contributed by atoms with Crippen molar-refractivity contribution in [2.24, 2.45) is 0 Å². The molecule has 4 rings (SSSR count). The summed E-state index contributed by atoms with van der Waals surface area (Å²) >= 11 is 0. The molecule has 1 aromatic carbocycles. The monoisotopic (exact) mass is 366 g/mol. The first-order chi connectivity index (χ1) is 12.0. The quantitative estimate of drug-likeness (QED) is 0.429. The second-order valence-electron chi connectivity index (χ2n) is 7.52. The Morgan fingerprint density at radius 1 is 0.231 bits per heavy atom. The van der Waals surface area contributed by atoms with Gasteiger partial charge in [0.25, 0.3) is 0 Å². The predicted octanol–water partition coefficient (Wildman–Crippen LogP) is 9.50. The smallest absolute Gasteiger partial charge is 0.0533 e. The third-order valence-electron chi connectivity index (χ3n) is 5.17. The molecule has 0 N–H and O–H groups in total. The first kappa shape index (κ1) is 27.4. The van der Waals surface area contributed by atoms with Crippen molar-refractivity contribution < 1.29 is 4.70 Å². The lowest BCUT2D eigenvalue weighted by atomic mass is 10.0. The van der Waals surface area contributed by atoms with Crippen molar-refractivity contribution in [2.75, 3.05) is 0 Å². The molecule has 0 atom stereocenters. The van der Waals surface area contributed by atoms with E-state index in [0.717, 1.165) is 0 Å². The van der Waals surface area contributed by atoms with E-state index >= 15 is 0 Å². The van der Waals surface area contributed by atoms with Crippen molar-refractivity contribution >= 4 is 0 Å². The zero-order valence-corrected chi connectivity index (χ0v) is 16.6. The van der Waals surface area contributed by atoms with Crippen molar-refractivity contribution in [3.8, 4) is 0 Å². The molecule has 0 nitrogen and oxygen atoms in total. The summed E-state index contributed by atoms with van der Waals surface area (Å²) in [4.78, 5) is 0. The molecule has 1 aromatic rings. The number of hydrogen-bond acceptors (Lipinski definition) is 0. The average molecular weight is 367 g/mol. The Morgan fingerprint density at radius 2 is 0.308 bits per heavy atom. The van der Waals surface area contributed by atoms with Crippen molar-refractivity contribution in [1.82, 2.24) is 0 Å². The summed E-state index contributed by atoms with van der Waals surface area (Å²) in [6, 6.07) is 12.0.